The average molecular weight is 219 g/mol. The van der Waals surface area contributed by atoms with Gasteiger partial charge in [-0.3, -0.25) is 0 Å². The van der Waals surface area contributed by atoms with Crippen LogP contribution in [-0.2, 0) is 6.42 Å². The second-order valence-electron chi connectivity index (χ2n) is 4.63. The van der Waals surface area contributed by atoms with Crippen LogP contribution in [0.15, 0.2) is 0 Å². The molecule has 1 unspecified atom stereocenters. The first-order chi connectivity index (χ1) is 7.75. The summed E-state index contributed by atoms with van der Waals surface area (Å²) in [4.78, 5) is 11.0. The van der Waals surface area contributed by atoms with Crippen molar-refractivity contribution in [3.8, 4) is 0 Å². The molecule has 86 valence electrons. The van der Waals surface area contributed by atoms with Crippen LogP contribution in [0.3, 0.4) is 0 Å². The predicted octanol–water partition coefficient (Wildman–Crippen LogP) is 0.128. The van der Waals surface area contributed by atoms with Gasteiger partial charge in [-0.25, -0.2) is 4.98 Å². The number of aromatic nitrogens is 2. The van der Waals surface area contributed by atoms with E-state index < -0.39 is 0 Å². The maximum Gasteiger partial charge on any atom is 0.222 e. The van der Waals surface area contributed by atoms with Gasteiger partial charge in [-0.15, -0.1) is 0 Å². The highest BCUT2D eigenvalue weighted by atomic mass is 15.2. The number of anilines is 2. The Hall–Kier alpha value is -1.36. The molecule has 2 aliphatic heterocycles. The van der Waals surface area contributed by atoms with Gasteiger partial charge in [0.25, 0.3) is 0 Å². The van der Waals surface area contributed by atoms with Crippen LogP contribution >= 0.6 is 0 Å². The normalized spacial score (nSPS) is 23.8. The van der Waals surface area contributed by atoms with E-state index >= 15 is 0 Å². The summed E-state index contributed by atoms with van der Waals surface area (Å²) in [5.74, 6) is 1.97. The summed E-state index contributed by atoms with van der Waals surface area (Å²) in [6.45, 7) is 3.13. The highest BCUT2D eigenvalue weighted by molar-refractivity contribution is 5.56. The van der Waals surface area contributed by atoms with Crippen molar-refractivity contribution in [1.82, 2.24) is 15.3 Å². The molecule has 1 aromatic rings. The highest BCUT2D eigenvalue weighted by Gasteiger charge is 2.28. The van der Waals surface area contributed by atoms with E-state index in [1.807, 2.05) is 0 Å². The van der Waals surface area contributed by atoms with Gasteiger partial charge >= 0.3 is 0 Å². The molecule has 0 amide bonds. The van der Waals surface area contributed by atoms with E-state index in [2.05, 4.69) is 27.2 Å². The number of likely N-dealkylation sites (N-methyl/N-ethyl adjacent to an activating group) is 1. The Bertz CT molecular complexity index is 411. The Balaban J connectivity index is 2.07. The fraction of sp³-hybridized carbons (Fsp3) is 0.636. The number of nitrogen functional groups attached to an aromatic ring is 1. The van der Waals surface area contributed by atoms with E-state index in [0.29, 0.717) is 11.9 Å². The number of fused-ring (bicyclic) bond motifs is 1. The molecular weight excluding hydrogens is 202 g/mol. The standard InChI is InChI=1S/C11H17N5/c1-16-5-3-8-9(7-2-4-13-6-7)14-11(12)15-10(8)16/h7,13H,2-6H2,1H3,(H2,12,14,15). The topological polar surface area (TPSA) is 67.1 Å². The molecule has 3 heterocycles. The molecule has 0 radical (unpaired) electrons. The molecule has 5 heteroatoms. The zero-order chi connectivity index (χ0) is 11.1. The number of rotatable bonds is 1. The van der Waals surface area contributed by atoms with Crippen molar-refractivity contribution in [1.29, 1.82) is 0 Å². The molecule has 2 aliphatic rings. The van der Waals surface area contributed by atoms with Gasteiger partial charge in [-0.2, -0.15) is 4.98 Å². The van der Waals surface area contributed by atoms with Gasteiger partial charge in [-0.1, -0.05) is 0 Å². The summed E-state index contributed by atoms with van der Waals surface area (Å²) in [5.41, 5.74) is 8.28. The van der Waals surface area contributed by atoms with Gasteiger partial charge in [-0.05, 0) is 19.4 Å². The number of hydrogen-bond acceptors (Lipinski definition) is 5. The van der Waals surface area contributed by atoms with E-state index in [1.54, 1.807) is 0 Å². The minimum atomic E-state index is 0.411. The molecule has 1 fully saturated rings. The molecule has 5 nitrogen and oxygen atoms in total. The van der Waals surface area contributed by atoms with Gasteiger partial charge in [0, 0.05) is 31.6 Å². The fourth-order valence-corrected chi connectivity index (χ4v) is 2.67. The average Bonchev–Trinajstić information content (AvgIpc) is 2.88. The SMILES string of the molecule is CN1CCc2c(C3CCNC3)nc(N)nc21. The first kappa shape index (κ1) is 9.84. The lowest BCUT2D eigenvalue weighted by Crippen LogP contribution is -2.15. The molecule has 0 saturated carbocycles. The van der Waals surface area contributed by atoms with Crippen molar-refractivity contribution in [2.75, 3.05) is 37.3 Å². The van der Waals surface area contributed by atoms with E-state index in [1.165, 1.54) is 11.3 Å². The van der Waals surface area contributed by atoms with Crippen LogP contribution in [0.2, 0.25) is 0 Å². The second kappa shape index (κ2) is 3.59. The summed E-state index contributed by atoms with van der Waals surface area (Å²) in [7, 11) is 2.06. The summed E-state index contributed by atoms with van der Waals surface area (Å²) in [5, 5.41) is 3.38. The lowest BCUT2D eigenvalue weighted by Gasteiger charge is -2.15. The molecule has 0 aliphatic carbocycles. The number of nitrogens with zero attached hydrogens (tertiary/aromatic N) is 3. The van der Waals surface area contributed by atoms with Gasteiger partial charge in [0.2, 0.25) is 5.95 Å². The van der Waals surface area contributed by atoms with Crippen molar-refractivity contribution >= 4 is 11.8 Å². The van der Waals surface area contributed by atoms with Crippen LogP contribution in [0.25, 0.3) is 0 Å². The van der Waals surface area contributed by atoms with E-state index in [4.69, 9.17) is 5.73 Å². The molecule has 0 bridgehead atoms. The third kappa shape index (κ3) is 1.43. The van der Waals surface area contributed by atoms with Crippen LogP contribution in [0, 0.1) is 0 Å². The quantitative estimate of drug-likeness (QED) is 0.702. The van der Waals surface area contributed by atoms with Crippen LogP contribution in [0.4, 0.5) is 11.8 Å². The second-order valence-corrected chi connectivity index (χ2v) is 4.63. The molecule has 3 N–H and O–H groups in total. The van der Waals surface area contributed by atoms with Gasteiger partial charge in [0.05, 0.1) is 5.69 Å². The lowest BCUT2D eigenvalue weighted by atomic mass is 9.99. The van der Waals surface area contributed by atoms with E-state index in [9.17, 15) is 0 Å². The van der Waals surface area contributed by atoms with Crippen LogP contribution in [0.1, 0.15) is 23.6 Å². The third-order valence-corrected chi connectivity index (χ3v) is 3.54. The maximum absolute atomic E-state index is 5.79. The van der Waals surface area contributed by atoms with Gasteiger partial charge in [0.15, 0.2) is 0 Å². The Labute approximate surface area is 95.1 Å². The molecular formula is C11H17N5. The van der Waals surface area contributed by atoms with Gasteiger partial charge in [0.1, 0.15) is 5.82 Å². The molecule has 3 rings (SSSR count). The first-order valence-electron chi connectivity index (χ1n) is 5.84. The van der Waals surface area contributed by atoms with Crippen LogP contribution < -0.4 is 16.0 Å². The molecule has 16 heavy (non-hydrogen) atoms. The van der Waals surface area contributed by atoms with Gasteiger partial charge < -0.3 is 16.0 Å². The Morgan fingerprint density at radius 3 is 3.06 bits per heavy atom. The molecule has 1 saturated heterocycles. The zero-order valence-electron chi connectivity index (χ0n) is 9.53. The van der Waals surface area contributed by atoms with Crippen molar-refractivity contribution in [2.45, 2.75) is 18.8 Å². The van der Waals surface area contributed by atoms with Crippen LogP contribution in [0.5, 0.6) is 0 Å². The Morgan fingerprint density at radius 1 is 1.44 bits per heavy atom. The number of nitrogens with one attached hydrogen (secondary N) is 1. The van der Waals surface area contributed by atoms with Crippen molar-refractivity contribution in [3.63, 3.8) is 0 Å². The smallest absolute Gasteiger partial charge is 0.222 e. The third-order valence-electron chi connectivity index (χ3n) is 3.54. The molecule has 1 aromatic heterocycles. The van der Waals surface area contributed by atoms with Crippen LogP contribution in [-0.4, -0.2) is 36.6 Å². The summed E-state index contributed by atoms with van der Waals surface area (Å²) in [6.07, 6.45) is 2.21. The number of hydrogen-bond donors (Lipinski definition) is 2. The fourth-order valence-electron chi connectivity index (χ4n) is 2.67. The number of nitrogens with two attached hydrogens (primary N) is 1. The van der Waals surface area contributed by atoms with Crippen molar-refractivity contribution < 1.29 is 0 Å². The molecule has 1 atom stereocenters. The highest BCUT2D eigenvalue weighted by Crippen LogP contribution is 2.33. The minimum absolute atomic E-state index is 0.411. The zero-order valence-corrected chi connectivity index (χ0v) is 9.53. The van der Waals surface area contributed by atoms with Crippen molar-refractivity contribution in [3.05, 3.63) is 11.3 Å². The van der Waals surface area contributed by atoms with E-state index in [-0.39, 0.29) is 0 Å². The maximum atomic E-state index is 5.79. The Kier molecular flexibility index (Phi) is 2.21. The van der Waals surface area contributed by atoms with E-state index in [0.717, 1.165) is 38.3 Å². The first-order valence-corrected chi connectivity index (χ1v) is 5.84. The molecule has 0 aromatic carbocycles. The summed E-state index contributed by atoms with van der Waals surface area (Å²) < 4.78 is 0. The molecule has 0 spiro atoms. The Morgan fingerprint density at radius 2 is 2.31 bits per heavy atom. The van der Waals surface area contributed by atoms with Crippen molar-refractivity contribution in [2.24, 2.45) is 0 Å². The summed E-state index contributed by atoms with van der Waals surface area (Å²) >= 11 is 0. The monoisotopic (exact) mass is 219 g/mol. The largest absolute Gasteiger partial charge is 0.368 e. The lowest BCUT2D eigenvalue weighted by molar-refractivity contribution is 0.723. The summed E-state index contributed by atoms with van der Waals surface area (Å²) in [6, 6.07) is 0. The predicted molar refractivity (Wildman–Crippen MR) is 63.6 cm³/mol. The minimum Gasteiger partial charge on any atom is -0.368 e.